The molecule has 1 aliphatic carbocycles. The molecule has 2 aliphatic heterocycles. The number of furan rings is 1. The number of amides is 2. The van der Waals surface area contributed by atoms with Crippen molar-refractivity contribution in [2.24, 2.45) is 5.92 Å². The molecular formula is C34H29F2N5O6S. The van der Waals surface area contributed by atoms with Crippen LogP contribution in [0.4, 0.5) is 14.5 Å². The first-order valence-corrected chi connectivity index (χ1v) is 16.7. The standard InChI is InChI=1S/C34H29F2N5O6S/c1-37-32(42)29-21-14-20(25(40(3)48(4,44)45)16-28(21)46-31(29)17-8-10-18(35)11-9-17)23-12-13-27-30(39-23)26-15-19-22(36)6-5-7-24(19)41(26)34(47-27)33(43)38-2/h5-16,19,22,34H,1-4H3,(H,37,42)(H,38,43)/t19?,22-,34?/m0/s1. The van der Waals surface area contributed by atoms with Crippen LogP contribution in [0, 0.1) is 11.7 Å². The number of fused-ring (bicyclic) bond motifs is 6. The van der Waals surface area contributed by atoms with Crippen molar-refractivity contribution in [1.29, 1.82) is 0 Å². The number of likely N-dealkylation sites (N-methyl/N-ethyl adjacent to an activating group) is 1. The van der Waals surface area contributed by atoms with E-state index in [2.05, 4.69) is 10.6 Å². The van der Waals surface area contributed by atoms with Gasteiger partial charge in [-0.3, -0.25) is 18.8 Å². The molecule has 2 unspecified atom stereocenters. The molecule has 0 saturated carbocycles. The second-order valence-corrected chi connectivity index (χ2v) is 13.5. The van der Waals surface area contributed by atoms with Gasteiger partial charge in [0.05, 0.1) is 34.8 Å². The van der Waals surface area contributed by atoms with Crippen LogP contribution in [-0.2, 0) is 14.8 Å². The summed E-state index contributed by atoms with van der Waals surface area (Å²) in [6.07, 6.45) is 5.04. The molecule has 2 aromatic heterocycles. The number of hydrogen-bond acceptors (Lipinski definition) is 8. The Balaban J connectivity index is 1.46. The van der Waals surface area contributed by atoms with Crippen LogP contribution < -0.4 is 19.7 Å². The molecule has 2 N–H and O–H groups in total. The minimum atomic E-state index is -3.81. The van der Waals surface area contributed by atoms with Crippen molar-refractivity contribution in [3.8, 4) is 28.3 Å². The summed E-state index contributed by atoms with van der Waals surface area (Å²) in [5.41, 5.74) is 2.94. The van der Waals surface area contributed by atoms with E-state index in [1.807, 2.05) is 0 Å². The zero-order chi connectivity index (χ0) is 34.1. The Labute approximate surface area is 274 Å². The second kappa shape index (κ2) is 11.3. The molecule has 0 radical (unpaired) electrons. The van der Waals surface area contributed by atoms with Crippen LogP contribution in [0.5, 0.6) is 5.75 Å². The number of nitrogens with zero attached hydrogens (tertiary/aromatic N) is 3. The van der Waals surface area contributed by atoms with Gasteiger partial charge in [0.1, 0.15) is 29.0 Å². The number of carbonyl (C=O) groups excluding carboxylic acids is 2. The summed E-state index contributed by atoms with van der Waals surface area (Å²) in [7, 11) is 0.513. The minimum absolute atomic E-state index is 0.158. The topological polar surface area (TPSA) is 134 Å². The van der Waals surface area contributed by atoms with Gasteiger partial charge < -0.3 is 19.8 Å². The Morgan fingerprint density at radius 2 is 1.81 bits per heavy atom. The highest BCUT2D eigenvalue weighted by atomic mass is 32.2. The van der Waals surface area contributed by atoms with Crippen molar-refractivity contribution in [2.75, 3.05) is 31.7 Å². The Morgan fingerprint density at radius 3 is 2.50 bits per heavy atom. The number of allylic oxidation sites excluding steroid dienone is 4. The maximum atomic E-state index is 15.1. The molecule has 0 fully saturated rings. The van der Waals surface area contributed by atoms with Gasteiger partial charge in [0.25, 0.3) is 18.0 Å². The Kier molecular flexibility index (Phi) is 7.35. The smallest absolute Gasteiger partial charge is 0.282 e. The highest BCUT2D eigenvalue weighted by Crippen LogP contribution is 2.48. The van der Waals surface area contributed by atoms with Gasteiger partial charge in [0.15, 0.2) is 5.75 Å². The molecule has 0 saturated heterocycles. The summed E-state index contributed by atoms with van der Waals surface area (Å²) >= 11 is 0. The average Bonchev–Trinajstić information content (AvgIpc) is 3.66. The van der Waals surface area contributed by atoms with Crippen LogP contribution in [0.1, 0.15) is 16.1 Å². The second-order valence-electron chi connectivity index (χ2n) is 11.5. The third-order valence-electron chi connectivity index (χ3n) is 8.65. The summed E-state index contributed by atoms with van der Waals surface area (Å²) in [6, 6.07) is 11.8. The monoisotopic (exact) mass is 673 g/mol. The third kappa shape index (κ3) is 4.91. The fourth-order valence-corrected chi connectivity index (χ4v) is 6.70. The lowest BCUT2D eigenvalue weighted by Gasteiger charge is -2.37. The number of hydrogen-bond donors (Lipinski definition) is 2. The molecule has 11 nitrogen and oxygen atoms in total. The highest BCUT2D eigenvalue weighted by molar-refractivity contribution is 7.92. The van der Waals surface area contributed by atoms with E-state index in [1.165, 1.54) is 57.6 Å². The van der Waals surface area contributed by atoms with E-state index >= 15 is 4.39 Å². The van der Waals surface area contributed by atoms with Crippen molar-refractivity contribution >= 4 is 44.2 Å². The third-order valence-corrected chi connectivity index (χ3v) is 9.84. The molecule has 0 bridgehead atoms. The van der Waals surface area contributed by atoms with E-state index in [0.29, 0.717) is 39.3 Å². The quantitative estimate of drug-likeness (QED) is 0.304. The summed E-state index contributed by atoms with van der Waals surface area (Å²) in [4.78, 5) is 32.7. The molecule has 14 heteroatoms. The van der Waals surface area contributed by atoms with E-state index in [4.69, 9.17) is 14.1 Å². The summed E-state index contributed by atoms with van der Waals surface area (Å²) in [6.45, 7) is 0. The van der Waals surface area contributed by atoms with Crippen molar-refractivity contribution in [3.05, 3.63) is 95.6 Å². The molecule has 48 heavy (non-hydrogen) atoms. The van der Waals surface area contributed by atoms with Gasteiger partial charge in [-0.1, -0.05) is 6.08 Å². The fraction of sp³-hybridized carbons (Fsp3) is 0.206. The average molecular weight is 674 g/mol. The number of sulfonamides is 1. The predicted octanol–water partition coefficient (Wildman–Crippen LogP) is 4.59. The fourth-order valence-electron chi connectivity index (χ4n) is 6.19. The molecule has 3 aliphatic rings. The Hall–Kier alpha value is -5.50. The summed E-state index contributed by atoms with van der Waals surface area (Å²) in [5.74, 6) is -1.63. The van der Waals surface area contributed by atoms with Crippen molar-refractivity contribution in [1.82, 2.24) is 20.5 Å². The van der Waals surface area contributed by atoms with Gasteiger partial charge in [-0.25, -0.2) is 22.2 Å². The van der Waals surface area contributed by atoms with E-state index in [0.717, 1.165) is 10.6 Å². The highest BCUT2D eigenvalue weighted by Gasteiger charge is 2.46. The van der Waals surface area contributed by atoms with Crippen LogP contribution in [0.25, 0.3) is 39.2 Å². The number of pyridine rings is 1. The van der Waals surface area contributed by atoms with Crippen molar-refractivity contribution in [2.45, 2.75) is 12.4 Å². The maximum absolute atomic E-state index is 15.1. The molecule has 0 spiro atoms. The number of ether oxygens (including phenoxy) is 1. The number of nitrogens with one attached hydrogen (secondary N) is 2. The number of anilines is 1. The molecule has 3 atom stereocenters. The lowest BCUT2D eigenvalue weighted by atomic mass is 9.96. The molecule has 2 amide bonds. The van der Waals surface area contributed by atoms with Gasteiger partial charge >= 0.3 is 0 Å². The molecular weight excluding hydrogens is 644 g/mol. The number of carbonyl (C=O) groups is 2. The van der Waals surface area contributed by atoms with E-state index in [1.54, 1.807) is 41.3 Å². The first-order chi connectivity index (χ1) is 22.9. The Bertz CT molecular complexity index is 2230. The van der Waals surface area contributed by atoms with E-state index in [-0.39, 0.29) is 28.3 Å². The van der Waals surface area contributed by atoms with Gasteiger partial charge in [-0.05, 0) is 60.7 Å². The predicted molar refractivity (Wildman–Crippen MR) is 175 cm³/mol. The molecule has 4 heterocycles. The largest absolute Gasteiger partial charge is 0.458 e. The zero-order valence-electron chi connectivity index (χ0n) is 26.1. The molecule has 2 aromatic carbocycles. The van der Waals surface area contributed by atoms with Crippen LogP contribution in [0.2, 0.25) is 0 Å². The molecule has 7 rings (SSSR count). The van der Waals surface area contributed by atoms with Gasteiger partial charge in [0, 0.05) is 49.4 Å². The van der Waals surface area contributed by atoms with Crippen LogP contribution in [0.3, 0.4) is 0 Å². The van der Waals surface area contributed by atoms with Crippen LogP contribution in [0.15, 0.2) is 82.9 Å². The lowest BCUT2D eigenvalue weighted by molar-refractivity contribution is -0.133. The van der Waals surface area contributed by atoms with Crippen molar-refractivity contribution < 1.29 is 35.9 Å². The first-order valence-electron chi connectivity index (χ1n) is 14.9. The van der Waals surface area contributed by atoms with Crippen molar-refractivity contribution in [3.63, 3.8) is 0 Å². The van der Waals surface area contributed by atoms with Gasteiger partial charge in [0.2, 0.25) is 10.0 Å². The summed E-state index contributed by atoms with van der Waals surface area (Å²) < 4.78 is 68.0. The number of alkyl halides is 1. The number of halogens is 2. The minimum Gasteiger partial charge on any atom is -0.458 e. The van der Waals surface area contributed by atoms with Gasteiger partial charge in [-0.2, -0.15) is 0 Å². The number of benzene rings is 2. The summed E-state index contributed by atoms with van der Waals surface area (Å²) in [5, 5.41) is 5.57. The lowest BCUT2D eigenvalue weighted by Crippen LogP contribution is -2.50. The SMILES string of the molecule is CNC(=O)c1c(-c2ccc(F)cc2)oc2cc(N(C)S(C)(=O)=O)c(-c3ccc4c(n3)C3=CC5C(=CC=C[C@@H]5F)N3C(C(=O)NC)O4)cc12. The molecule has 4 aromatic rings. The maximum Gasteiger partial charge on any atom is 0.282 e. The van der Waals surface area contributed by atoms with E-state index < -0.39 is 46.0 Å². The molecule has 246 valence electrons. The van der Waals surface area contributed by atoms with Gasteiger partial charge in [-0.15, -0.1) is 0 Å². The number of rotatable bonds is 6. The van der Waals surface area contributed by atoms with E-state index in [9.17, 15) is 22.4 Å². The Morgan fingerprint density at radius 1 is 1.06 bits per heavy atom. The van der Waals surface area contributed by atoms with Crippen LogP contribution in [-0.4, -0.2) is 69.9 Å². The number of aromatic nitrogens is 1. The first kappa shape index (κ1) is 31.1. The zero-order valence-corrected chi connectivity index (χ0v) is 26.9. The normalized spacial score (nSPS) is 19.5. The van der Waals surface area contributed by atoms with Crippen LogP contribution >= 0.6 is 0 Å².